The molecule has 0 amide bonds. The molecule has 1 unspecified atom stereocenters. The van der Waals surface area contributed by atoms with E-state index in [0.717, 1.165) is 32.1 Å². The number of aliphatic hydroxyl groups excluding tert-OH is 1. The van der Waals surface area contributed by atoms with Gasteiger partial charge in [-0.05, 0) is 12.8 Å². The maximum Gasteiger partial charge on any atom is 0.311 e. The summed E-state index contributed by atoms with van der Waals surface area (Å²) in [4.78, 5) is 11.5. The third-order valence-electron chi connectivity index (χ3n) is 2.73. The third-order valence-corrected chi connectivity index (χ3v) is 2.73. The van der Waals surface area contributed by atoms with Crippen LogP contribution in [0.15, 0.2) is 0 Å². The molecule has 1 aliphatic rings. The lowest BCUT2D eigenvalue weighted by atomic mass is 9.89. The highest BCUT2D eigenvalue weighted by atomic mass is 16.6. The Balaban J connectivity index is 2.25. The van der Waals surface area contributed by atoms with Gasteiger partial charge in [-0.15, -0.1) is 0 Å². The van der Waals surface area contributed by atoms with Crippen molar-refractivity contribution in [3.63, 3.8) is 0 Å². The van der Waals surface area contributed by atoms with E-state index in [1.807, 2.05) is 6.92 Å². The summed E-state index contributed by atoms with van der Waals surface area (Å²) >= 11 is 0. The van der Waals surface area contributed by atoms with Gasteiger partial charge in [0.05, 0.1) is 5.92 Å². The maximum absolute atomic E-state index is 11.5. The van der Waals surface area contributed by atoms with Gasteiger partial charge in [0.2, 0.25) is 6.29 Å². The van der Waals surface area contributed by atoms with E-state index in [1.165, 1.54) is 6.42 Å². The summed E-state index contributed by atoms with van der Waals surface area (Å²) in [6.45, 7) is 1.96. The number of esters is 1. The normalized spacial score (nSPS) is 20.4. The quantitative estimate of drug-likeness (QED) is 0.559. The van der Waals surface area contributed by atoms with Gasteiger partial charge in [-0.1, -0.05) is 32.6 Å². The molecule has 1 rings (SSSR count). The summed E-state index contributed by atoms with van der Waals surface area (Å²) < 4.78 is 4.95. The van der Waals surface area contributed by atoms with Crippen molar-refractivity contribution < 1.29 is 14.6 Å². The number of ether oxygens (including phenoxy) is 1. The standard InChI is InChI=1S/C11H20O3/c1-2-6-10(12)14-11(13)9-7-4-3-5-8-9/h9-10,12H,2-8H2,1H3. The number of carbonyl (C=O) groups is 1. The Bertz CT molecular complexity index is 173. The minimum atomic E-state index is -0.894. The van der Waals surface area contributed by atoms with Gasteiger partial charge in [0, 0.05) is 6.42 Å². The molecule has 3 heteroatoms. The molecule has 0 heterocycles. The molecule has 0 saturated heterocycles. The Morgan fingerprint density at radius 2 is 2.07 bits per heavy atom. The lowest BCUT2D eigenvalue weighted by Gasteiger charge is -2.21. The average Bonchev–Trinajstić information content (AvgIpc) is 2.19. The second-order valence-corrected chi connectivity index (χ2v) is 4.02. The summed E-state index contributed by atoms with van der Waals surface area (Å²) in [5.41, 5.74) is 0. The maximum atomic E-state index is 11.5. The van der Waals surface area contributed by atoms with Crippen LogP contribution in [0.25, 0.3) is 0 Å². The smallest absolute Gasteiger partial charge is 0.311 e. The summed E-state index contributed by atoms with van der Waals surface area (Å²) in [5, 5.41) is 9.31. The van der Waals surface area contributed by atoms with Gasteiger partial charge in [0.15, 0.2) is 0 Å². The first kappa shape index (κ1) is 11.5. The Kier molecular flexibility index (Phi) is 4.94. The Labute approximate surface area is 85.5 Å². The van der Waals surface area contributed by atoms with Crippen molar-refractivity contribution in [2.75, 3.05) is 0 Å². The van der Waals surface area contributed by atoms with Crippen molar-refractivity contribution in [1.29, 1.82) is 0 Å². The molecule has 1 fully saturated rings. The van der Waals surface area contributed by atoms with Crippen molar-refractivity contribution in [2.45, 2.75) is 58.2 Å². The van der Waals surface area contributed by atoms with Gasteiger partial charge in [0.25, 0.3) is 0 Å². The topological polar surface area (TPSA) is 46.5 Å². The van der Waals surface area contributed by atoms with Crippen molar-refractivity contribution in [1.82, 2.24) is 0 Å². The van der Waals surface area contributed by atoms with Crippen molar-refractivity contribution in [3.05, 3.63) is 0 Å². The lowest BCUT2D eigenvalue weighted by Crippen LogP contribution is -2.25. The molecule has 1 N–H and O–H groups in total. The second kappa shape index (κ2) is 6.02. The van der Waals surface area contributed by atoms with Crippen LogP contribution in [0.2, 0.25) is 0 Å². The highest BCUT2D eigenvalue weighted by molar-refractivity contribution is 5.72. The number of hydrogen-bond donors (Lipinski definition) is 1. The van der Waals surface area contributed by atoms with Crippen LogP contribution in [0, 0.1) is 5.92 Å². The molecule has 82 valence electrons. The molecule has 0 aliphatic heterocycles. The third kappa shape index (κ3) is 3.66. The average molecular weight is 200 g/mol. The fourth-order valence-electron chi connectivity index (χ4n) is 1.87. The Morgan fingerprint density at radius 1 is 1.43 bits per heavy atom. The van der Waals surface area contributed by atoms with Crippen LogP contribution in [0.4, 0.5) is 0 Å². The summed E-state index contributed by atoms with van der Waals surface area (Å²) in [6.07, 6.45) is 5.79. The molecule has 3 nitrogen and oxygen atoms in total. The Morgan fingerprint density at radius 3 is 2.64 bits per heavy atom. The van der Waals surface area contributed by atoms with Gasteiger partial charge < -0.3 is 9.84 Å². The van der Waals surface area contributed by atoms with Gasteiger partial charge in [-0.2, -0.15) is 0 Å². The molecule has 0 aromatic rings. The predicted octanol–water partition coefficient (Wildman–Crippen LogP) is 2.23. The highest BCUT2D eigenvalue weighted by Crippen LogP contribution is 2.25. The van der Waals surface area contributed by atoms with Crippen LogP contribution < -0.4 is 0 Å². The molecule has 0 aromatic heterocycles. The van der Waals surface area contributed by atoms with E-state index >= 15 is 0 Å². The minimum absolute atomic E-state index is 0.0373. The minimum Gasteiger partial charge on any atom is -0.436 e. The number of carbonyl (C=O) groups excluding carboxylic acids is 1. The van der Waals surface area contributed by atoms with E-state index in [2.05, 4.69) is 0 Å². The molecule has 14 heavy (non-hydrogen) atoms. The Hall–Kier alpha value is -0.570. The molecule has 0 radical (unpaired) electrons. The first-order valence-corrected chi connectivity index (χ1v) is 5.62. The van der Waals surface area contributed by atoms with Gasteiger partial charge in [0.1, 0.15) is 0 Å². The summed E-state index contributed by atoms with van der Waals surface area (Å²) in [7, 11) is 0. The predicted molar refractivity (Wildman–Crippen MR) is 53.6 cm³/mol. The van der Waals surface area contributed by atoms with Crippen LogP contribution in [0.3, 0.4) is 0 Å². The van der Waals surface area contributed by atoms with Crippen molar-refractivity contribution in [2.24, 2.45) is 5.92 Å². The van der Waals surface area contributed by atoms with E-state index in [9.17, 15) is 9.90 Å². The summed E-state index contributed by atoms with van der Waals surface area (Å²) in [5.74, 6) is -0.166. The van der Waals surface area contributed by atoms with Crippen molar-refractivity contribution in [3.8, 4) is 0 Å². The van der Waals surface area contributed by atoms with E-state index in [1.54, 1.807) is 0 Å². The first-order chi connectivity index (χ1) is 6.74. The molecule has 1 saturated carbocycles. The molecular weight excluding hydrogens is 180 g/mol. The van der Waals surface area contributed by atoms with E-state index in [0.29, 0.717) is 6.42 Å². The number of rotatable bonds is 4. The van der Waals surface area contributed by atoms with Crippen LogP contribution in [0.1, 0.15) is 51.9 Å². The molecule has 0 aromatic carbocycles. The molecule has 0 bridgehead atoms. The monoisotopic (exact) mass is 200 g/mol. The molecule has 1 aliphatic carbocycles. The SMILES string of the molecule is CCCC(O)OC(=O)C1CCCCC1. The summed E-state index contributed by atoms with van der Waals surface area (Å²) in [6, 6.07) is 0. The van der Waals surface area contributed by atoms with Crippen LogP contribution in [0.5, 0.6) is 0 Å². The van der Waals surface area contributed by atoms with E-state index < -0.39 is 6.29 Å². The van der Waals surface area contributed by atoms with Gasteiger partial charge in [-0.3, -0.25) is 4.79 Å². The molecule has 0 spiro atoms. The van der Waals surface area contributed by atoms with Crippen molar-refractivity contribution >= 4 is 5.97 Å². The van der Waals surface area contributed by atoms with E-state index in [-0.39, 0.29) is 11.9 Å². The zero-order chi connectivity index (χ0) is 10.4. The second-order valence-electron chi connectivity index (χ2n) is 4.02. The van der Waals surface area contributed by atoms with Crippen LogP contribution in [-0.2, 0) is 9.53 Å². The van der Waals surface area contributed by atoms with E-state index in [4.69, 9.17) is 4.74 Å². The molecule has 1 atom stereocenters. The first-order valence-electron chi connectivity index (χ1n) is 5.62. The number of hydrogen-bond acceptors (Lipinski definition) is 3. The fourth-order valence-corrected chi connectivity index (χ4v) is 1.87. The van der Waals surface area contributed by atoms with Crippen LogP contribution in [-0.4, -0.2) is 17.4 Å². The van der Waals surface area contributed by atoms with Crippen LogP contribution >= 0.6 is 0 Å². The largest absolute Gasteiger partial charge is 0.436 e. The van der Waals surface area contributed by atoms with Gasteiger partial charge in [-0.25, -0.2) is 0 Å². The fraction of sp³-hybridized carbons (Fsp3) is 0.909. The lowest BCUT2D eigenvalue weighted by molar-refractivity contribution is -0.174. The zero-order valence-corrected chi connectivity index (χ0v) is 8.87. The molecular formula is C11H20O3. The van der Waals surface area contributed by atoms with Gasteiger partial charge >= 0.3 is 5.97 Å². The zero-order valence-electron chi connectivity index (χ0n) is 8.87. The highest BCUT2D eigenvalue weighted by Gasteiger charge is 2.24. The number of aliphatic hydroxyl groups is 1.